The summed E-state index contributed by atoms with van der Waals surface area (Å²) in [6, 6.07) is 12.6. The maximum Gasteiger partial charge on any atom is 0.0694 e. The number of hydrogen-bond acceptors (Lipinski definition) is 3. The molecule has 3 aromatic rings. The van der Waals surface area contributed by atoms with Crippen LogP contribution in [0.5, 0.6) is 0 Å². The van der Waals surface area contributed by atoms with Gasteiger partial charge in [0.25, 0.3) is 0 Å². The highest BCUT2D eigenvalue weighted by Crippen LogP contribution is 2.29. The molecule has 2 nitrogen and oxygen atoms in total. The first-order valence-corrected chi connectivity index (χ1v) is 8.42. The van der Waals surface area contributed by atoms with E-state index in [1.807, 2.05) is 18.5 Å². The number of thiophene rings is 1. The van der Waals surface area contributed by atoms with E-state index in [4.69, 9.17) is 4.99 Å². The van der Waals surface area contributed by atoms with Crippen molar-refractivity contribution in [2.75, 3.05) is 6.54 Å². The van der Waals surface area contributed by atoms with Crippen molar-refractivity contribution in [2.45, 2.75) is 12.8 Å². The molecule has 0 amide bonds. The molecule has 2 aromatic heterocycles. The summed E-state index contributed by atoms with van der Waals surface area (Å²) in [7, 11) is 0. The minimum absolute atomic E-state index is 0.909. The van der Waals surface area contributed by atoms with Crippen LogP contribution in [-0.2, 0) is 0 Å². The van der Waals surface area contributed by atoms with Gasteiger partial charge in [-0.3, -0.25) is 9.98 Å². The van der Waals surface area contributed by atoms with E-state index in [-0.39, 0.29) is 0 Å². The van der Waals surface area contributed by atoms with Gasteiger partial charge in [0.1, 0.15) is 0 Å². The maximum atomic E-state index is 4.75. The second-order valence-electron chi connectivity index (χ2n) is 5.43. The number of aromatic nitrogens is 1. The van der Waals surface area contributed by atoms with Crippen LogP contribution in [-0.4, -0.2) is 17.2 Å². The summed E-state index contributed by atoms with van der Waals surface area (Å²) in [5, 5.41) is 3.57. The number of nitrogens with zero attached hydrogens (tertiary/aromatic N) is 2. The topological polar surface area (TPSA) is 25.2 Å². The summed E-state index contributed by atoms with van der Waals surface area (Å²) >= 11 is 1.80. The molecule has 0 bridgehead atoms. The Morgan fingerprint density at radius 3 is 2.95 bits per heavy atom. The van der Waals surface area contributed by atoms with Crippen LogP contribution in [0.1, 0.15) is 24.0 Å². The molecule has 0 unspecified atom stereocenters. The zero-order valence-corrected chi connectivity index (χ0v) is 13.0. The summed E-state index contributed by atoms with van der Waals surface area (Å²) < 4.78 is 1.34. The van der Waals surface area contributed by atoms with E-state index in [9.17, 15) is 0 Å². The quantitative estimate of drug-likeness (QED) is 0.656. The second-order valence-corrected chi connectivity index (χ2v) is 6.34. The van der Waals surface area contributed by atoms with Crippen molar-refractivity contribution in [3.63, 3.8) is 0 Å². The number of benzene rings is 1. The number of fused-ring (bicyclic) bond motifs is 1. The highest BCUT2D eigenvalue weighted by Gasteiger charge is 2.15. The Kier molecular flexibility index (Phi) is 3.57. The Morgan fingerprint density at radius 2 is 2.05 bits per heavy atom. The van der Waals surface area contributed by atoms with Gasteiger partial charge in [-0.05, 0) is 59.0 Å². The summed E-state index contributed by atoms with van der Waals surface area (Å²) in [6.07, 6.45) is 8.23. The molecule has 0 saturated heterocycles. The Labute approximate surface area is 133 Å². The molecule has 22 heavy (non-hydrogen) atoms. The van der Waals surface area contributed by atoms with E-state index >= 15 is 0 Å². The first kappa shape index (κ1) is 13.4. The van der Waals surface area contributed by atoms with Crippen LogP contribution >= 0.6 is 11.3 Å². The lowest BCUT2D eigenvalue weighted by Crippen LogP contribution is -2.11. The van der Waals surface area contributed by atoms with Crippen molar-refractivity contribution in [3.8, 4) is 0 Å². The number of pyridine rings is 1. The van der Waals surface area contributed by atoms with Crippen LogP contribution < -0.4 is 0 Å². The molecule has 108 valence electrons. The molecule has 3 heterocycles. The molecule has 0 N–H and O–H groups in total. The molecule has 1 aromatic carbocycles. The number of rotatable bonds is 2. The highest BCUT2D eigenvalue weighted by molar-refractivity contribution is 7.17. The van der Waals surface area contributed by atoms with Gasteiger partial charge in [0, 0.05) is 29.2 Å². The van der Waals surface area contributed by atoms with Crippen molar-refractivity contribution in [3.05, 3.63) is 70.9 Å². The van der Waals surface area contributed by atoms with Crippen molar-refractivity contribution in [1.82, 2.24) is 4.98 Å². The van der Waals surface area contributed by atoms with Crippen molar-refractivity contribution in [1.29, 1.82) is 0 Å². The molecule has 0 saturated carbocycles. The van der Waals surface area contributed by atoms with Crippen molar-refractivity contribution in [2.24, 2.45) is 4.99 Å². The van der Waals surface area contributed by atoms with Gasteiger partial charge in [-0.1, -0.05) is 18.2 Å². The van der Waals surface area contributed by atoms with Crippen LogP contribution in [0.25, 0.3) is 16.2 Å². The first-order chi connectivity index (χ1) is 10.9. The van der Waals surface area contributed by atoms with Gasteiger partial charge in [0.05, 0.1) is 5.71 Å². The third-order valence-corrected chi connectivity index (χ3v) is 4.94. The summed E-state index contributed by atoms with van der Waals surface area (Å²) in [6.45, 7) is 0.909. The fraction of sp³-hybridized carbons (Fsp3) is 0.158. The van der Waals surface area contributed by atoms with E-state index in [2.05, 4.69) is 46.8 Å². The van der Waals surface area contributed by atoms with Crippen LogP contribution in [0.3, 0.4) is 0 Å². The van der Waals surface area contributed by atoms with Gasteiger partial charge in [-0.15, -0.1) is 11.3 Å². The largest absolute Gasteiger partial charge is 0.284 e. The molecule has 0 atom stereocenters. The zero-order valence-electron chi connectivity index (χ0n) is 12.2. The average molecular weight is 304 g/mol. The predicted molar refractivity (Wildman–Crippen MR) is 94.7 cm³/mol. The molecule has 0 spiro atoms. The van der Waals surface area contributed by atoms with Gasteiger partial charge in [0.15, 0.2) is 0 Å². The number of hydrogen-bond donors (Lipinski definition) is 0. The van der Waals surface area contributed by atoms with Gasteiger partial charge >= 0.3 is 0 Å². The molecule has 0 aliphatic carbocycles. The normalized spacial score (nSPS) is 16.9. The SMILES string of the molecule is C(=C1/CCCN=C1c1cccnc1)/c1csc2ccccc12. The third kappa shape index (κ3) is 2.48. The van der Waals surface area contributed by atoms with Gasteiger partial charge in [-0.25, -0.2) is 0 Å². The monoisotopic (exact) mass is 304 g/mol. The van der Waals surface area contributed by atoms with E-state index in [0.717, 1.165) is 30.7 Å². The summed E-state index contributed by atoms with van der Waals surface area (Å²) in [5.41, 5.74) is 4.85. The van der Waals surface area contributed by atoms with Gasteiger partial charge in [-0.2, -0.15) is 0 Å². The van der Waals surface area contributed by atoms with Crippen LogP contribution in [0, 0.1) is 0 Å². The Hall–Kier alpha value is -2.26. The summed E-state index contributed by atoms with van der Waals surface area (Å²) in [5.74, 6) is 0. The van der Waals surface area contributed by atoms with Crippen LogP contribution in [0.2, 0.25) is 0 Å². The molecular formula is C19H16N2S. The molecule has 0 fully saturated rings. The number of allylic oxidation sites excluding steroid dienone is 1. The Balaban J connectivity index is 1.80. The lowest BCUT2D eigenvalue weighted by Gasteiger charge is -2.16. The number of aliphatic imine (C=N–C) groups is 1. The maximum absolute atomic E-state index is 4.75. The molecule has 3 heteroatoms. The molecular weight excluding hydrogens is 288 g/mol. The molecule has 4 rings (SSSR count). The van der Waals surface area contributed by atoms with Crippen molar-refractivity contribution >= 4 is 33.2 Å². The minimum Gasteiger partial charge on any atom is -0.284 e. The average Bonchev–Trinajstić information content (AvgIpc) is 2.99. The summed E-state index contributed by atoms with van der Waals surface area (Å²) in [4.78, 5) is 8.99. The molecule has 1 aliphatic rings. The van der Waals surface area contributed by atoms with Crippen molar-refractivity contribution < 1.29 is 0 Å². The minimum atomic E-state index is 0.909. The van der Waals surface area contributed by atoms with Gasteiger partial charge < -0.3 is 0 Å². The second kappa shape index (κ2) is 5.85. The van der Waals surface area contributed by atoms with Gasteiger partial charge in [0.2, 0.25) is 0 Å². The lowest BCUT2D eigenvalue weighted by molar-refractivity contribution is 0.818. The van der Waals surface area contributed by atoms with Crippen LogP contribution in [0.15, 0.2) is 64.7 Å². The molecule has 1 aliphatic heterocycles. The fourth-order valence-corrected chi connectivity index (χ4v) is 3.82. The standard InChI is InChI=1S/C19H16N2S/c1-2-8-18-17(7-1)16(13-22-18)11-14-5-4-10-21-19(14)15-6-3-9-20-12-15/h1-3,6-9,11-13H,4-5,10H2/b14-11+. The van der Waals surface area contributed by atoms with E-state index in [0.29, 0.717) is 0 Å². The smallest absolute Gasteiger partial charge is 0.0694 e. The first-order valence-electron chi connectivity index (χ1n) is 7.54. The van der Waals surface area contributed by atoms with E-state index < -0.39 is 0 Å². The fourth-order valence-electron chi connectivity index (χ4n) is 2.90. The Bertz CT molecular complexity index is 859. The third-order valence-electron chi connectivity index (χ3n) is 3.95. The Morgan fingerprint density at radius 1 is 1.09 bits per heavy atom. The van der Waals surface area contributed by atoms with Crippen LogP contribution in [0.4, 0.5) is 0 Å². The zero-order chi connectivity index (χ0) is 14.8. The predicted octanol–water partition coefficient (Wildman–Crippen LogP) is 4.96. The molecule has 0 radical (unpaired) electrons. The van der Waals surface area contributed by atoms with E-state index in [1.54, 1.807) is 11.3 Å². The van der Waals surface area contributed by atoms with E-state index in [1.165, 1.54) is 21.2 Å². The highest BCUT2D eigenvalue weighted by atomic mass is 32.1. The lowest BCUT2D eigenvalue weighted by atomic mass is 9.95.